The van der Waals surface area contributed by atoms with Crippen LogP contribution in [0.3, 0.4) is 0 Å². The van der Waals surface area contributed by atoms with E-state index < -0.39 is 0 Å². The van der Waals surface area contributed by atoms with Gasteiger partial charge >= 0.3 is 5.97 Å². The number of carbonyl (C=O) groups excluding carboxylic acids is 1. The number of aromatic nitrogens is 2. The quantitative estimate of drug-likeness (QED) is 0.398. The maximum absolute atomic E-state index is 11.0. The van der Waals surface area contributed by atoms with Crippen LogP contribution in [0.4, 0.5) is 11.5 Å². The van der Waals surface area contributed by atoms with E-state index in [1.807, 2.05) is 48.5 Å². The number of nitrogens with zero attached hydrogens (tertiary/aromatic N) is 2. The van der Waals surface area contributed by atoms with Crippen molar-refractivity contribution in [1.29, 1.82) is 0 Å². The molecule has 142 valence electrons. The molecule has 0 fully saturated rings. The van der Waals surface area contributed by atoms with Crippen LogP contribution in [0.5, 0.6) is 0 Å². The van der Waals surface area contributed by atoms with Gasteiger partial charge in [0.25, 0.3) is 0 Å². The molecule has 4 aromatic rings. The highest BCUT2D eigenvalue weighted by atomic mass is 16.5. The molecule has 0 aliphatic carbocycles. The Kier molecular flexibility index (Phi) is 4.95. The highest BCUT2D eigenvalue weighted by Crippen LogP contribution is 2.29. The van der Waals surface area contributed by atoms with Gasteiger partial charge in [-0.2, -0.15) is 0 Å². The van der Waals surface area contributed by atoms with E-state index in [1.165, 1.54) is 13.3 Å². The number of furan rings is 1. The van der Waals surface area contributed by atoms with E-state index in [0.717, 1.165) is 27.7 Å². The van der Waals surface area contributed by atoms with E-state index in [1.54, 1.807) is 6.07 Å². The Morgan fingerprint density at radius 3 is 2.90 bits per heavy atom. The highest BCUT2D eigenvalue weighted by Gasteiger charge is 2.10. The van der Waals surface area contributed by atoms with Crippen LogP contribution in [0.1, 0.15) is 18.2 Å². The van der Waals surface area contributed by atoms with Crippen molar-refractivity contribution in [3.8, 4) is 23.7 Å². The molecule has 0 unspecified atom stereocenters. The molecule has 4 rings (SSSR count). The Balaban J connectivity index is 1.67. The molecular weight excluding hydrogens is 366 g/mol. The van der Waals surface area contributed by atoms with E-state index in [4.69, 9.17) is 15.6 Å². The van der Waals surface area contributed by atoms with Gasteiger partial charge in [-0.3, -0.25) is 4.79 Å². The summed E-state index contributed by atoms with van der Waals surface area (Å²) in [5.41, 5.74) is 3.28. The number of hydrogen-bond acceptors (Lipinski definition) is 6. The Labute approximate surface area is 167 Å². The first-order valence-electron chi connectivity index (χ1n) is 8.93. The molecule has 0 amide bonds. The molecule has 0 aliphatic rings. The predicted octanol–water partition coefficient (Wildman–Crippen LogP) is 4.68. The van der Waals surface area contributed by atoms with Gasteiger partial charge in [0, 0.05) is 29.1 Å². The number of ether oxygens (including phenoxy) is 1. The summed E-state index contributed by atoms with van der Waals surface area (Å²) in [6.45, 7) is 1.46. The zero-order valence-electron chi connectivity index (χ0n) is 15.7. The van der Waals surface area contributed by atoms with Crippen LogP contribution in [0.2, 0.25) is 0 Å². The lowest BCUT2D eigenvalue weighted by molar-refractivity contribution is -0.142. The highest BCUT2D eigenvalue weighted by molar-refractivity contribution is 5.93. The molecule has 0 saturated heterocycles. The number of rotatable bonds is 5. The monoisotopic (exact) mass is 383 g/mol. The van der Waals surface area contributed by atoms with Gasteiger partial charge in [-0.1, -0.05) is 12.0 Å². The second kappa shape index (κ2) is 7.87. The van der Waals surface area contributed by atoms with Gasteiger partial charge in [-0.05, 0) is 48.5 Å². The molecule has 0 spiro atoms. The predicted molar refractivity (Wildman–Crippen MR) is 110 cm³/mol. The molecule has 29 heavy (non-hydrogen) atoms. The van der Waals surface area contributed by atoms with Gasteiger partial charge in [0.15, 0.2) is 0 Å². The van der Waals surface area contributed by atoms with Crippen molar-refractivity contribution in [2.75, 3.05) is 5.32 Å². The van der Waals surface area contributed by atoms with Crippen molar-refractivity contribution >= 4 is 28.4 Å². The molecule has 6 nitrogen and oxygen atoms in total. The Hall–Kier alpha value is -4.11. The summed E-state index contributed by atoms with van der Waals surface area (Å²) >= 11 is 0. The average molecular weight is 383 g/mol. The van der Waals surface area contributed by atoms with Crippen LogP contribution in [0.25, 0.3) is 22.2 Å². The van der Waals surface area contributed by atoms with E-state index in [0.29, 0.717) is 17.3 Å². The maximum atomic E-state index is 11.0. The summed E-state index contributed by atoms with van der Waals surface area (Å²) < 4.78 is 10.8. The Morgan fingerprint density at radius 2 is 2.07 bits per heavy atom. The number of nitrogens with one attached hydrogen (secondary N) is 1. The summed E-state index contributed by atoms with van der Waals surface area (Å²) in [6.07, 6.45) is 7.00. The van der Waals surface area contributed by atoms with E-state index in [9.17, 15) is 4.79 Å². The summed E-state index contributed by atoms with van der Waals surface area (Å²) in [7, 11) is 0. The molecule has 2 aromatic heterocycles. The molecule has 1 N–H and O–H groups in total. The first-order valence-corrected chi connectivity index (χ1v) is 8.93. The van der Waals surface area contributed by atoms with Gasteiger partial charge in [-0.15, -0.1) is 6.42 Å². The van der Waals surface area contributed by atoms with Crippen LogP contribution in [-0.4, -0.2) is 15.9 Å². The fraction of sp³-hybridized carbons (Fsp3) is 0.0870. The fourth-order valence-corrected chi connectivity index (χ4v) is 2.92. The second-order valence-corrected chi connectivity index (χ2v) is 6.35. The second-order valence-electron chi connectivity index (χ2n) is 6.35. The van der Waals surface area contributed by atoms with Gasteiger partial charge in [-0.25, -0.2) is 9.97 Å². The molecule has 6 heteroatoms. The molecule has 2 heterocycles. The number of anilines is 2. The number of terminal acetylenes is 1. The smallest absolute Gasteiger partial charge is 0.303 e. The normalized spacial score (nSPS) is 10.5. The topological polar surface area (TPSA) is 77.3 Å². The first-order chi connectivity index (χ1) is 14.1. The van der Waals surface area contributed by atoms with Crippen LogP contribution >= 0.6 is 0 Å². The largest absolute Gasteiger partial charge is 0.458 e. The average Bonchev–Trinajstić information content (AvgIpc) is 3.21. The summed E-state index contributed by atoms with van der Waals surface area (Å²) in [5.74, 6) is 4.18. The lowest BCUT2D eigenvalue weighted by Crippen LogP contribution is -1.97. The standard InChI is InChI=1S/C23H17N3O3/c1-3-16-5-4-6-18(11-16)26-23-20-12-17(7-9-21(20)24-14-25-23)22-10-8-19(29-22)13-28-15(2)27/h1,4-12,14H,13H2,2H3,(H,24,25,26). The fourth-order valence-electron chi connectivity index (χ4n) is 2.92. The third-order valence-corrected chi connectivity index (χ3v) is 4.29. The van der Waals surface area contributed by atoms with Gasteiger partial charge in [0.1, 0.15) is 30.3 Å². The van der Waals surface area contributed by atoms with Crippen molar-refractivity contribution in [2.24, 2.45) is 0 Å². The molecule has 2 aromatic carbocycles. The molecule has 0 saturated carbocycles. The third-order valence-electron chi connectivity index (χ3n) is 4.29. The number of benzene rings is 2. The summed E-state index contributed by atoms with van der Waals surface area (Å²) in [6, 6.07) is 17.0. The molecule has 0 radical (unpaired) electrons. The zero-order chi connectivity index (χ0) is 20.2. The van der Waals surface area contributed by atoms with Crippen molar-refractivity contribution in [3.63, 3.8) is 0 Å². The number of hydrogen-bond donors (Lipinski definition) is 1. The maximum Gasteiger partial charge on any atom is 0.303 e. The zero-order valence-corrected chi connectivity index (χ0v) is 15.7. The first kappa shape index (κ1) is 18.3. The van der Waals surface area contributed by atoms with Crippen molar-refractivity contribution in [1.82, 2.24) is 9.97 Å². The van der Waals surface area contributed by atoms with Crippen molar-refractivity contribution in [2.45, 2.75) is 13.5 Å². The lowest BCUT2D eigenvalue weighted by atomic mass is 10.1. The molecule has 0 atom stereocenters. The van der Waals surface area contributed by atoms with E-state index in [-0.39, 0.29) is 12.6 Å². The minimum atomic E-state index is -0.351. The SMILES string of the molecule is C#Cc1cccc(Nc2ncnc3ccc(-c4ccc(COC(C)=O)o4)cc23)c1. The lowest BCUT2D eigenvalue weighted by Gasteiger charge is -2.09. The Bertz CT molecular complexity index is 1240. The van der Waals surface area contributed by atoms with Gasteiger partial charge < -0.3 is 14.5 Å². The van der Waals surface area contributed by atoms with Crippen LogP contribution in [0.15, 0.2) is 65.3 Å². The molecule has 0 bridgehead atoms. The number of fused-ring (bicyclic) bond motifs is 1. The van der Waals surface area contributed by atoms with Gasteiger partial charge in [0.2, 0.25) is 0 Å². The van der Waals surface area contributed by atoms with Crippen LogP contribution in [0, 0.1) is 12.3 Å². The van der Waals surface area contributed by atoms with Gasteiger partial charge in [0.05, 0.1) is 5.52 Å². The number of carbonyl (C=O) groups is 1. The van der Waals surface area contributed by atoms with Crippen LogP contribution in [-0.2, 0) is 16.1 Å². The minimum Gasteiger partial charge on any atom is -0.458 e. The van der Waals surface area contributed by atoms with Crippen molar-refractivity contribution < 1.29 is 13.9 Å². The van der Waals surface area contributed by atoms with Crippen molar-refractivity contribution in [3.05, 3.63) is 72.2 Å². The number of esters is 1. The van der Waals surface area contributed by atoms with E-state index >= 15 is 0 Å². The van der Waals surface area contributed by atoms with E-state index in [2.05, 4.69) is 21.2 Å². The van der Waals surface area contributed by atoms with Crippen LogP contribution < -0.4 is 5.32 Å². The minimum absolute atomic E-state index is 0.102. The summed E-state index contributed by atoms with van der Waals surface area (Å²) in [4.78, 5) is 19.7. The molecular formula is C23H17N3O3. The third kappa shape index (κ3) is 4.09. The Morgan fingerprint density at radius 1 is 1.17 bits per heavy atom. The summed E-state index contributed by atoms with van der Waals surface area (Å²) in [5, 5.41) is 4.15. The molecule has 0 aliphatic heterocycles.